The summed E-state index contributed by atoms with van der Waals surface area (Å²) in [5.74, 6) is -0.0413. The summed E-state index contributed by atoms with van der Waals surface area (Å²) in [6.07, 6.45) is 87.0. The lowest BCUT2D eigenvalue weighted by molar-refractivity contribution is -0.143. The number of allylic oxidation sites excluding steroid dienone is 3. The molecule has 2 unspecified atom stereocenters. The number of nitrogens with one attached hydrogen (secondary N) is 1. The molecule has 0 spiro atoms. The molecule has 6 heteroatoms. The topological polar surface area (TPSA) is 95.9 Å². The Kier molecular flexibility index (Phi) is 67.4. The number of esters is 1. The monoisotopic (exact) mass is 1110 g/mol. The van der Waals surface area contributed by atoms with Crippen molar-refractivity contribution in [1.82, 2.24) is 5.32 Å². The zero-order chi connectivity index (χ0) is 57.1. The van der Waals surface area contributed by atoms with E-state index < -0.39 is 12.1 Å². The lowest BCUT2D eigenvalue weighted by atomic mass is 10.0. The SMILES string of the molecule is CCCCCCCCCCCCCCCC/C=C/C(O)C(CO)NC(=O)CCCCCCCCCCCCCCCCCCC/C=C\CCCCCCCCCCCCCCOC(=O)CCCCCCCCCCCCCCC. The lowest BCUT2D eigenvalue weighted by Gasteiger charge is -2.20. The van der Waals surface area contributed by atoms with Crippen molar-refractivity contribution in [3.8, 4) is 0 Å². The number of rotatable bonds is 68. The fourth-order valence-electron chi connectivity index (χ4n) is 11.5. The number of aliphatic hydroxyl groups excluding tert-OH is 2. The van der Waals surface area contributed by atoms with E-state index in [1.165, 1.54) is 340 Å². The van der Waals surface area contributed by atoms with E-state index in [0.717, 1.165) is 38.5 Å². The second-order valence-electron chi connectivity index (χ2n) is 24.9. The smallest absolute Gasteiger partial charge is 0.305 e. The van der Waals surface area contributed by atoms with Crippen molar-refractivity contribution in [2.45, 2.75) is 418 Å². The van der Waals surface area contributed by atoms with Gasteiger partial charge in [-0.05, 0) is 57.8 Å². The summed E-state index contributed by atoms with van der Waals surface area (Å²) >= 11 is 0. The molecule has 0 aliphatic carbocycles. The summed E-state index contributed by atoms with van der Waals surface area (Å²) in [5.41, 5.74) is 0. The van der Waals surface area contributed by atoms with Crippen LogP contribution in [0.5, 0.6) is 0 Å². The van der Waals surface area contributed by atoms with Crippen molar-refractivity contribution < 1.29 is 24.5 Å². The van der Waals surface area contributed by atoms with Crippen LogP contribution in [0.3, 0.4) is 0 Å². The summed E-state index contributed by atoms with van der Waals surface area (Å²) in [6.45, 7) is 4.94. The number of carbonyl (C=O) groups excluding carboxylic acids is 2. The van der Waals surface area contributed by atoms with Crippen molar-refractivity contribution in [3.63, 3.8) is 0 Å². The number of hydrogen-bond donors (Lipinski definition) is 3. The molecular formula is C73H141NO5. The van der Waals surface area contributed by atoms with E-state index in [1.54, 1.807) is 6.08 Å². The van der Waals surface area contributed by atoms with Gasteiger partial charge < -0.3 is 20.3 Å². The maximum atomic E-state index is 12.5. The predicted octanol–water partition coefficient (Wildman–Crippen LogP) is 23.3. The van der Waals surface area contributed by atoms with Crippen molar-refractivity contribution in [2.24, 2.45) is 0 Å². The molecule has 0 aromatic rings. The quantitative estimate of drug-likeness (QED) is 0.0320. The molecule has 0 saturated heterocycles. The van der Waals surface area contributed by atoms with Crippen molar-refractivity contribution in [1.29, 1.82) is 0 Å². The van der Waals surface area contributed by atoms with Crippen LogP contribution >= 0.6 is 0 Å². The fourth-order valence-corrected chi connectivity index (χ4v) is 11.5. The van der Waals surface area contributed by atoms with Crippen LogP contribution in [0.2, 0.25) is 0 Å². The van der Waals surface area contributed by atoms with Crippen molar-refractivity contribution in [3.05, 3.63) is 24.3 Å². The van der Waals surface area contributed by atoms with Crippen LogP contribution in [-0.4, -0.2) is 47.4 Å². The third-order valence-corrected chi connectivity index (χ3v) is 17.0. The fraction of sp³-hybridized carbons (Fsp3) is 0.918. The van der Waals surface area contributed by atoms with Crippen molar-refractivity contribution in [2.75, 3.05) is 13.2 Å². The number of unbranched alkanes of at least 4 members (excludes halogenated alkanes) is 55. The van der Waals surface area contributed by atoms with Gasteiger partial charge in [-0.15, -0.1) is 0 Å². The molecule has 0 aliphatic heterocycles. The predicted molar refractivity (Wildman–Crippen MR) is 347 cm³/mol. The third-order valence-electron chi connectivity index (χ3n) is 17.0. The number of aliphatic hydroxyl groups is 2. The summed E-state index contributed by atoms with van der Waals surface area (Å²) in [7, 11) is 0. The number of hydrogen-bond acceptors (Lipinski definition) is 5. The van der Waals surface area contributed by atoms with Crippen LogP contribution in [-0.2, 0) is 14.3 Å². The van der Waals surface area contributed by atoms with E-state index in [-0.39, 0.29) is 18.5 Å². The van der Waals surface area contributed by atoms with Crippen molar-refractivity contribution >= 4 is 11.9 Å². The number of amides is 1. The van der Waals surface area contributed by atoms with Crippen LogP contribution in [0.15, 0.2) is 24.3 Å². The van der Waals surface area contributed by atoms with E-state index in [0.29, 0.717) is 19.4 Å². The van der Waals surface area contributed by atoms with E-state index in [9.17, 15) is 19.8 Å². The van der Waals surface area contributed by atoms with Gasteiger partial charge in [0.2, 0.25) is 5.91 Å². The molecule has 6 nitrogen and oxygen atoms in total. The Morgan fingerprint density at radius 1 is 0.342 bits per heavy atom. The lowest BCUT2D eigenvalue weighted by Crippen LogP contribution is -2.45. The Labute approximate surface area is 494 Å². The Morgan fingerprint density at radius 3 is 0.899 bits per heavy atom. The molecule has 468 valence electrons. The highest BCUT2D eigenvalue weighted by atomic mass is 16.5. The number of carbonyl (C=O) groups is 2. The molecule has 0 aromatic carbocycles. The molecule has 0 fully saturated rings. The highest BCUT2D eigenvalue weighted by Gasteiger charge is 2.18. The maximum Gasteiger partial charge on any atom is 0.305 e. The summed E-state index contributed by atoms with van der Waals surface area (Å²) in [6, 6.07) is -0.625. The van der Waals surface area contributed by atoms with Crippen LogP contribution in [0.25, 0.3) is 0 Å². The Bertz CT molecular complexity index is 1230. The van der Waals surface area contributed by atoms with Gasteiger partial charge >= 0.3 is 5.97 Å². The van der Waals surface area contributed by atoms with Gasteiger partial charge in [-0.25, -0.2) is 0 Å². The van der Waals surface area contributed by atoms with Gasteiger partial charge in [0.1, 0.15) is 0 Å². The average molecular weight is 1110 g/mol. The van der Waals surface area contributed by atoms with Gasteiger partial charge in [-0.1, -0.05) is 359 Å². The van der Waals surface area contributed by atoms with Gasteiger partial charge in [0.25, 0.3) is 0 Å². The zero-order valence-electron chi connectivity index (χ0n) is 53.6. The summed E-state index contributed by atoms with van der Waals surface area (Å²) in [5, 5.41) is 23.2. The van der Waals surface area contributed by atoms with E-state index >= 15 is 0 Å². The average Bonchev–Trinajstić information content (AvgIpc) is 3.45. The molecule has 0 rings (SSSR count). The van der Waals surface area contributed by atoms with Gasteiger partial charge in [0, 0.05) is 12.8 Å². The molecule has 0 aliphatic rings. The first-order valence-electron chi connectivity index (χ1n) is 36.1. The largest absolute Gasteiger partial charge is 0.466 e. The standard InChI is InChI=1S/C73H141NO5/c1-3-5-7-9-11-13-15-17-18-38-42-45-49-53-57-61-65-71(76)70(69-75)74-72(77)66-62-58-54-50-46-43-39-36-34-32-30-28-26-24-22-20-19-21-23-25-27-29-31-33-35-37-40-44-48-52-56-60-64-68-79-73(78)67-63-59-55-51-47-41-16-14-12-10-8-6-4-2/h23,25,61,65,70-71,75-76H,3-22,24,26-60,62-64,66-69H2,1-2H3,(H,74,77)/b25-23-,65-61+. The minimum atomic E-state index is -0.842. The van der Waals surface area contributed by atoms with Crippen LogP contribution < -0.4 is 5.32 Å². The van der Waals surface area contributed by atoms with Gasteiger partial charge in [-0.2, -0.15) is 0 Å². The Morgan fingerprint density at radius 2 is 0.595 bits per heavy atom. The van der Waals surface area contributed by atoms with E-state index in [4.69, 9.17) is 4.74 Å². The molecule has 1 amide bonds. The Balaban J connectivity index is 3.36. The second-order valence-corrected chi connectivity index (χ2v) is 24.9. The molecular weight excluding hydrogens is 971 g/mol. The first kappa shape index (κ1) is 77.3. The molecule has 79 heavy (non-hydrogen) atoms. The highest BCUT2D eigenvalue weighted by molar-refractivity contribution is 5.76. The third kappa shape index (κ3) is 65.4. The molecule has 0 aromatic heterocycles. The van der Waals surface area contributed by atoms with Crippen LogP contribution in [0, 0.1) is 0 Å². The van der Waals surface area contributed by atoms with E-state index in [2.05, 4.69) is 31.3 Å². The molecule has 0 saturated carbocycles. The maximum absolute atomic E-state index is 12.5. The van der Waals surface area contributed by atoms with Gasteiger partial charge in [-0.3, -0.25) is 9.59 Å². The molecule has 0 heterocycles. The first-order chi connectivity index (χ1) is 39.0. The summed E-state index contributed by atoms with van der Waals surface area (Å²) in [4.78, 5) is 24.5. The highest BCUT2D eigenvalue weighted by Crippen LogP contribution is 2.19. The van der Waals surface area contributed by atoms with Gasteiger partial charge in [0.15, 0.2) is 0 Å². The second kappa shape index (κ2) is 68.8. The molecule has 0 radical (unpaired) electrons. The number of ether oxygens (including phenoxy) is 1. The van der Waals surface area contributed by atoms with Crippen LogP contribution in [0.1, 0.15) is 406 Å². The Hall–Kier alpha value is -1.66. The minimum absolute atomic E-state index is 0.0206. The normalized spacial score (nSPS) is 12.6. The molecule has 2 atom stereocenters. The van der Waals surface area contributed by atoms with Gasteiger partial charge in [0.05, 0.1) is 25.4 Å². The first-order valence-corrected chi connectivity index (χ1v) is 36.1. The molecule has 0 bridgehead atoms. The van der Waals surface area contributed by atoms with E-state index in [1.807, 2.05) is 6.08 Å². The summed E-state index contributed by atoms with van der Waals surface area (Å²) < 4.78 is 5.49. The molecule has 3 N–H and O–H groups in total. The van der Waals surface area contributed by atoms with Crippen LogP contribution in [0.4, 0.5) is 0 Å². The minimum Gasteiger partial charge on any atom is -0.466 e. The zero-order valence-corrected chi connectivity index (χ0v) is 53.6.